The Labute approximate surface area is 417 Å². The fourth-order valence-electron chi connectivity index (χ4n) is 10.6. The standard InChI is InChI=1S/C50H52Cl3NO16/c1-26-32(67-44(61)38(68-45(62)65-25-50(51,52)53)36(29-16-10-7-11-17-29)54-42(59)30-18-12-8-13-19-30)23-49(63)41(69-43(60)31-20-14-9-15-21-31)39-47(6,33(57)22-34-48(39,24-64-34)70-28(3)56)40(58)37(66-27(2)55)35(26)46(49,4)5/h7-21,32-34,36-39,41,57,63H,22-25H2,1-6H3,(H,54,59)/t32?,33-,34?,36-,37+,38?,39?,41-,47+,48-,49+/m0/s1. The number of Topliss-reactive ketones (excluding diaryl/α,β-unsaturated/α-hetero) is 1. The predicted octanol–water partition coefficient (Wildman–Crippen LogP) is 6.27. The van der Waals surface area contributed by atoms with Crippen molar-refractivity contribution < 1.29 is 76.9 Å². The van der Waals surface area contributed by atoms with Crippen molar-refractivity contribution in [2.75, 3.05) is 13.2 Å². The lowest BCUT2D eigenvalue weighted by molar-refractivity contribution is -0.346. The smallest absolute Gasteiger partial charge is 0.455 e. The van der Waals surface area contributed by atoms with Crippen LogP contribution < -0.4 is 5.32 Å². The first kappa shape index (κ1) is 52.3. The van der Waals surface area contributed by atoms with E-state index < -0.39 is 129 Å². The number of ether oxygens (including phenoxy) is 7. The number of aliphatic hydroxyl groups is 2. The fraction of sp³-hybridized carbons (Fsp3) is 0.460. The second-order valence-electron chi connectivity index (χ2n) is 18.6. The number of benzene rings is 3. The van der Waals surface area contributed by atoms with E-state index in [1.165, 1.54) is 64.1 Å². The summed E-state index contributed by atoms with van der Waals surface area (Å²) < 4.78 is 39.2. The number of aliphatic hydroxyl groups excluding tert-OH is 1. The number of nitrogens with one attached hydrogen (secondary N) is 1. The van der Waals surface area contributed by atoms with E-state index in [1.54, 1.807) is 54.6 Å². The van der Waals surface area contributed by atoms with E-state index in [1.807, 2.05) is 0 Å². The van der Waals surface area contributed by atoms with E-state index in [2.05, 4.69) is 5.32 Å². The SMILES string of the molecule is CC(=O)O[C@H]1C(=O)[C@@]2(C)C([C@H](OC(=O)c3ccccc3)[C@]3(O)CC(OC(=O)C(OC(=O)OCC(Cl)(Cl)Cl)[C@@H](NC(=O)c4ccccc4)c4ccccc4)C(C)=C1C3(C)C)[C@]1(OC(C)=O)COC1C[C@@H]2O. The zero-order chi connectivity index (χ0) is 51.1. The highest BCUT2D eigenvalue weighted by atomic mass is 35.6. The molecule has 0 radical (unpaired) electrons. The van der Waals surface area contributed by atoms with E-state index in [0.717, 1.165) is 13.8 Å². The summed E-state index contributed by atoms with van der Waals surface area (Å²) in [6, 6.07) is 22.0. The lowest BCUT2D eigenvalue weighted by Crippen LogP contribution is -2.82. The van der Waals surface area contributed by atoms with E-state index in [9.17, 15) is 34.2 Å². The van der Waals surface area contributed by atoms with Gasteiger partial charge in [-0.2, -0.15) is 0 Å². The number of carbonyl (C=O) groups excluding carboxylic acids is 7. The third-order valence-corrected chi connectivity index (χ3v) is 14.4. The average Bonchev–Trinajstić information content (AvgIpc) is 3.30. The summed E-state index contributed by atoms with van der Waals surface area (Å²) in [6.45, 7) is 6.85. The van der Waals surface area contributed by atoms with Gasteiger partial charge in [0.15, 0.2) is 17.5 Å². The molecule has 3 N–H and O–H groups in total. The molecule has 0 aromatic heterocycles. The van der Waals surface area contributed by atoms with Gasteiger partial charge < -0.3 is 48.7 Å². The molecule has 3 aromatic rings. The summed E-state index contributed by atoms with van der Waals surface area (Å²) in [5, 5.41) is 28.8. The fourth-order valence-corrected chi connectivity index (χ4v) is 10.7. The summed E-state index contributed by atoms with van der Waals surface area (Å²) >= 11 is 17.6. The van der Waals surface area contributed by atoms with Crippen LogP contribution in [0.1, 0.15) is 86.7 Å². The third kappa shape index (κ3) is 9.76. The van der Waals surface area contributed by atoms with Crippen molar-refractivity contribution in [2.45, 2.75) is 112 Å². The number of rotatable bonds is 12. The monoisotopic (exact) mass is 1030 g/mol. The van der Waals surface area contributed by atoms with E-state index in [4.69, 9.17) is 68.0 Å². The van der Waals surface area contributed by atoms with Crippen LogP contribution in [0.2, 0.25) is 0 Å². The number of halogens is 3. The van der Waals surface area contributed by atoms with Crippen molar-refractivity contribution in [1.29, 1.82) is 0 Å². The number of hydrogen-bond acceptors (Lipinski definition) is 16. The van der Waals surface area contributed by atoms with Crippen LogP contribution in [-0.4, -0.2) is 117 Å². The van der Waals surface area contributed by atoms with Crippen molar-refractivity contribution in [3.8, 4) is 0 Å². The van der Waals surface area contributed by atoms with E-state index >= 15 is 9.59 Å². The zero-order valence-electron chi connectivity index (χ0n) is 38.9. The Morgan fingerprint density at radius 3 is 1.97 bits per heavy atom. The molecule has 1 heterocycles. The molecule has 2 bridgehead atoms. The van der Waals surface area contributed by atoms with Gasteiger partial charge in [-0.3, -0.25) is 19.2 Å². The second-order valence-corrected chi connectivity index (χ2v) is 21.1. The summed E-state index contributed by atoms with van der Waals surface area (Å²) in [7, 11) is 0. The van der Waals surface area contributed by atoms with Crippen LogP contribution in [-0.2, 0) is 52.3 Å². The number of amides is 1. The molecule has 1 saturated heterocycles. The van der Waals surface area contributed by atoms with Crippen LogP contribution in [0.3, 0.4) is 0 Å². The van der Waals surface area contributed by atoms with Crippen LogP contribution >= 0.6 is 34.8 Å². The molecule has 4 aliphatic rings. The first-order valence-electron chi connectivity index (χ1n) is 22.3. The van der Waals surface area contributed by atoms with Gasteiger partial charge in [0, 0.05) is 37.7 Å². The Kier molecular flexibility index (Phi) is 14.9. The van der Waals surface area contributed by atoms with Crippen molar-refractivity contribution in [3.63, 3.8) is 0 Å². The number of fused-ring (bicyclic) bond motifs is 5. The topological polar surface area (TPSA) is 237 Å². The molecule has 3 fully saturated rings. The number of esters is 4. The van der Waals surface area contributed by atoms with Crippen LogP contribution in [0.5, 0.6) is 0 Å². The normalized spacial score (nSPS) is 29.7. The van der Waals surface area contributed by atoms with Gasteiger partial charge in [-0.05, 0) is 54.8 Å². The Morgan fingerprint density at radius 1 is 0.843 bits per heavy atom. The van der Waals surface area contributed by atoms with Crippen LogP contribution in [0.15, 0.2) is 102 Å². The molecule has 11 atom stereocenters. The maximum absolute atomic E-state index is 15.7. The number of ketones is 1. The lowest BCUT2D eigenvalue weighted by atomic mass is 9.44. The molecule has 3 aliphatic carbocycles. The quantitative estimate of drug-likeness (QED) is 0.0785. The molecular weight excluding hydrogens is 977 g/mol. The maximum atomic E-state index is 15.7. The first-order valence-corrected chi connectivity index (χ1v) is 23.4. The largest absolute Gasteiger partial charge is 0.509 e. The van der Waals surface area contributed by atoms with E-state index in [-0.39, 0.29) is 40.9 Å². The Hall–Kier alpha value is -5.56. The molecule has 0 spiro atoms. The van der Waals surface area contributed by atoms with Crippen molar-refractivity contribution in [3.05, 3.63) is 119 Å². The molecule has 7 rings (SSSR count). The summed E-state index contributed by atoms with van der Waals surface area (Å²) in [5.41, 5.74) is -7.83. The minimum atomic E-state index is -2.51. The van der Waals surface area contributed by atoms with Gasteiger partial charge in [0.05, 0.1) is 29.6 Å². The average molecular weight is 1030 g/mol. The minimum absolute atomic E-state index is 0.0212. The van der Waals surface area contributed by atoms with Crippen molar-refractivity contribution in [1.82, 2.24) is 5.32 Å². The highest BCUT2D eigenvalue weighted by Crippen LogP contribution is 2.64. The molecule has 2 saturated carbocycles. The third-order valence-electron chi connectivity index (χ3n) is 14.0. The maximum Gasteiger partial charge on any atom is 0.509 e. The van der Waals surface area contributed by atoms with Gasteiger partial charge in [0.1, 0.15) is 36.6 Å². The molecule has 3 aromatic carbocycles. The molecule has 70 heavy (non-hydrogen) atoms. The van der Waals surface area contributed by atoms with Crippen molar-refractivity contribution in [2.24, 2.45) is 16.7 Å². The molecule has 1 aliphatic heterocycles. The molecule has 374 valence electrons. The van der Waals surface area contributed by atoms with Crippen molar-refractivity contribution >= 4 is 76.5 Å². The predicted molar refractivity (Wildman–Crippen MR) is 248 cm³/mol. The Balaban J connectivity index is 1.42. The van der Waals surface area contributed by atoms with Gasteiger partial charge >= 0.3 is 30.0 Å². The molecule has 20 heteroatoms. The van der Waals surface area contributed by atoms with Gasteiger partial charge in [-0.15, -0.1) is 0 Å². The molecule has 17 nitrogen and oxygen atoms in total. The first-order chi connectivity index (χ1) is 32.9. The van der Waals surface area contributed by atoms with E-state index in [0.29, 0.717) is 0 Å². The van der Waals surface area contributed by atoms with Crippen LogP contribution in [0.4, 0.5) is 4.79 Å². The molecular formula is C50H52Cl3NO16. The van der Waals surface area contributed by atoms with Gasteiger partial charge in [0.25, 0.3) is 5.91 Å². The highest BCUT2D eigenvalue weighted by molar-refractivity contribution is 6.67. The minimum Gasteiger partial charge on any atom is -0.455 e. The van der Waals surface area contributed by atoms with Crippen LogP contribution in [0.25, 0.3) is 0 Å². The summed E-state index contributed by atoms with van der Waals surface area (Å²) in [6.07, 6.45) is -12.7. The Bertz CT molecular complexity index is 2560. The summed E-state index contributed by atoms with van der Waals surface area (Å²) in [4.78, 5) is 98.8. The van der Waals surface area contributed by atoms with Gasteiger partial charge in [-0.25, -0.2) is 14.4 Å². The summed E-state index contributed by atoms with van der Waals surface area (Å²) in [5.74, 6) is -7.36. The van der Waals surface area contributed by atoms with Gasteiger partial charge in [-0.1, -0.05) is 115 Å². The molecule has 1 amide bonds. The molecule has 4 unspecified atom stereocenters. The number of carbonyl (C=O) groups is 7. The number of hydrogen-bond donors (Lipinski definition) is 3. The number of alkyl halides is 3. The highest BCUT2D eigenvalue weighted by Gasteiger charge is 2.78. The lowest BCUT2D eigenvalue weighted by Gasteiger charge is -2.67. The van der Waals surface area contributed by atoms with Gasteiger partial charge in [0.2, 0.25) is 9.90 Å². The second kappa shape index (κ2) is 19.9. The Morgan fingerprint density at radius 2 is 1.43 bits per heavy atom. The van der Waals surface area contributed by atoms with Crippen LogP contribution in [0, 0.1) is 16.7 Å². The zero-order valence-corrected chi connectivity index (χ0v) is 41.1.